The van der Waals surface area contributed by atoms with Gasteiger partial charge in [0.25, 0.3) is 5.70 Å². The van der Waals surface area contributed by atoms with Crippen LogP contribution in [-0.4, -0.2) is 27.3 Å². The van der Waals surface area contributed by atoms with Crippen molar-refractivity contribution in [3.8, 4) is 0 Å². The Hall–Kier alpha value is -1.96. The van der Waals surface area contributed by atoms with Crippen LogP contribution in [0.2, 0.25) is 0 Å². The molecule has 0 spiro atoms. The maximum atomic E-state index is 11.0. The molecule has 8 heteroatoms. The Morgan fingerprint density at radius 1 is 1.65 bits per heavy atom. The third kappa shape index (κ3) is 3.13. The molecule has 0 fully saturated rings. The molecule has 7 nitrogen and oxygen atoms in total. The van der Waals surface area contributed by atoms with Crippen molar-refractivity contribution in [2.75, 3.05) is 18.8 Å². The Morgan fingerprint density at radius 2 is 2.45 bits per heavy atom. The van der Waals surface area contributed by atoms with E-state index in [1.807, 2.05) is 11.2 Å². The van der Waals surface area contributed by atoms with E-state index in [2.05, 4.69) is 10.3 Å². The van der Waals surface area contributed by atoms with Gasteiger partial charge >= 0.3 is 0 Å². The number of nitro groups is 1. The van der Waals surface area contributed by atoms with Crippen molar-refractivity contribution >= 4 is 17.6 Å². The zero-order valence-corrected chi connectivity index (χ0v) is 12.0. The number of nitrogens with zero attached hydrogens (tertiary/aromatic N) is 3. The molecule has 2 heterocycles. The number of anilines is 1. The molecule has 2 rings (SSSR count). The SMILES string of the molecule is CCN(SCc1ncccc1N)C1=C([N+](=O)[O-])CCN1. The fourth-order valence-corrected chi connectivity index (χ4v) is 2.95. The lowest BCUT2D eigenvalue weighted by Crippen LogP contribution is -2.25. The third-order valence-electron chi connectivity index (χ3n) is 2.97. The lowest BCUT2D eigenvalue weighted by Gasteiger charge is -2.22. The topological polar surface area (TPSA) is 97.3 Å². The zero-order valence-electron chi connectivity index (χ0n) is 11.2. The molecule has 0 aromatic carbocycles. The maximum Gasteiger partial charge on any atom is 0.288 e. The van der Waals surface area contributed by atoms with Crippen molar-refractivity contribution in [2.45, 2.75) is 19.1 Å². The van der Waals surface area contributed by atoms with Gasteiger partial charge in [-0.1, -0.05) is 0 Å². The summed E-state index contributed by atoms with van der Waals surface area (Å²) in [5.41, 5.74) is 7.52. The minimum absolute atomic E-state index is 0.244. The van der Waals surface area contributed by atoms with Crippen LogP contribution in [0, 0.1) is 10.1 Å². The molecule has 3 N–H and O–H groups in total. The average molecular weight is 295 g/mol. The van der Waals surface area contributed by atoms with Crippen LogP contribution in [0.4, 0.5) is 5.69 Å². The van der Waals surface area contributed by atoms with E-state index in [1.54, 1.807) is 18.3 Å². The van der Waals surface area contributed by atoms with Gasteiger partial charge < -0.3 is 11.1 Å². The highest BCUT2D eigenvalue weighted by atomic mass is 32.2. The minimum atomic E-state index is -0.312. The van der Waals surface area contributed by atoms with E-state index in [4.69, 9.17) is 5.73 Å². The number of aromatic nitrogens is 1. The number of hydrogen-bond acceptors (Lipinski definition) is 7. The zero-order chi connectivity index (χ0) is 14.5. The van der Waals surface area contributed by atoms with Crippen LogP contribution in [0.25, 0.3) is 0 Å². The standard InChI is InChI=1S/C12H17N5O2S/c1-2-16(12-11(17(18)19)5-7-15-12)20-8-10-9(13)4-3-6-14-10/h3-4,6,15H,2,5,7-8,13H2,1H3. The number of rotatable bonds is 6. The molecule has 1 aromatic rings. The lowest BCUT2D eigenvalue weighted by atomic mass is 10.3. The van der Waals surface area contributed by atoms with Gasteiger partial charge in [0.15, 0.2) is 5.82 Å². The third-order valence-corrected chi connectivity index (χ3v) is 4.12. The van der Waals surface area contributed by atoms with Crippen LogP contribution in [0.1, 0.15) is 19.0 Å². The predicted molar refractivity (Wildman–Crippen MR) is 79.0 cm³/mol. The summed E-state index contributed by atoms with van der Waals surface area (Å²) in [7, 11) is 0. The van der Waals surface area contributed by atoms with Gasteiger partial charge in [0.1, 0.15) is 0 Å². The van der Waals surface area contributed by atoms with Gasteiger partial charge in [-0.05, 0) is 31.0 Å². The Bertz CT molecular complexity index is 534. The fourth-order valence-electron chi connectivity index (χ4n) is 1.95. The fraction of sp³-hybridized carbons (Fsp3) is 0.417. The first kappa shape index (κ1) is 14.4. The summed E-state index contributed by atoms with van der Waals surface area (Å²) in [6.07, 6.45) is 2.14. The van der Waals surface area contributed by atoms with E-state index in [1.165, 1.54) is 11.9 Å². The first-order valence-corrected chi connectivity index (χ1v) is 7.29. The molecule has 1 aliphatic heterocycles. The summed E-state index contributed by atoms with van der Waals surface area (Å²) in [5.74, 6) is 1.17. The Morgan fingerprint density at radius 3 is 3.10 bits per heavy atom. The van der Waals surface area contributed by atoms with Crippen LogP contribution in [-0.2, 0) is 5.75 Å². The molecule has 0 aliphatic carbocycles. The van der Waals surface area contributed by atoms with Crippen molar-refractivity contribution in [3.63, 3.8) is 0 Å². The second-order valence-corrected chi connectivity index (χ2v) is 5.22. The average Bonchev–Trinajstić information content (AvgIpc) is 2.91. The number of nitrogens with one attached hydrogen (secondary N) is 1. The summed E-state index contributed by atoms with van der Waals surface area (Å²) >= 11 is 1.47. The second-order valence-electron chi connectivity index (χ2n) is 4.24. The molecule has 0 atom stereocenters. The number of pyridine rings is 1. The maximum absolute atomic E-state index is 11.0. The molecule has 0 saturated heterocycles. The number of nitrogens with two attached hydrogens (primary N) is 1. The first-order valence-electron chi connectivity index (χ1n) is 6.34. The van der Waals surface area contributed by atoms with E-state index < -0.39 is 0 Å². The second kappa shape index (κ2) is 6.47. The quantitative estimate of drug-likeness (QED) is 0.467. The van der Waals surface area contributed by atoms with Gasteiger partial charge in [-0.25, -0.2) is 0 Å². The van der Waals surface area contributed by atoms with E-state index >= 15 is 0 Å². The van der Waals surface area contributed by atoms with Gasteiger partial charge in [0, 0.05) is 19.3 Å². The van der Waals surface area contributed by atoms with Crippen LogP contribution >= 0.6 is 11.9 Å². The summed E-state index contributed by atoms with van der Waals surface area (Å²) in [6.45, 7) is 3.23. The van der Waals surface area contributed by atoms with Crippen LogP contribution in [0.3, 0.4) is 0 Å². The molecule has 0 unspecified atom stereocenters. The molecule has 0 bridgehead atoms. The van der Waals surface area contributed by atoms with Gasteiger partial charge in [-0.15, -0.1) is 0 Å². The summed E-state index contributed by atoms with van der Waals surface area (Å²) in [6, 6.07) is 3.59. The minimum Gasteiger partial charge on any atom is -0.397 e. The van der Waals surface area contributed by atoms with Gasteiger partial charge in [0.05, 0.1) is 28.5 Å². The molecule has 0 saturated carbocycles. The highest BCUT2D eigenvalue weighted by molar-refractivity contribution is 7.96. The Kier molecular flexibility index (Phi) is 4.67. The van der Waals surface area contributed by atoms with E-state index in [9.17, 15) is 10.1 Å². The van der Waals surface area contributed by atoms with E-state index in [0.717, 1.165) is 5.69 Å². The summed E-state index contributed by atoms with van der Waals surface area (Å²) < 4.78 is 1.89. The molecular weight excluding hydrogens is 278 g/mol. The summed E-state index contributed by atoms with van der Waals surface area (Å²) in [4.78, 5) is 14.9. The van der Waals surface area contributed by atoms with Crippen molar-refractivity contribution < 1.29 is 4.92 Å². The number of nitrogen functional groups attached to an aromatic ring is 1. The van der Waals surface area contributed by atoms with Crippen LogP contribution in [0.5, 0.6) is 0 Å². The molecule has 1 aromatic heterocycles. The van der Waals surface area contributed by atoms with E-state index in [-0.39, 0.29) is 10.6 Å². The largest absolute Gasteiger partial charge is 0.397 e. The van der Waals surface area contributed by atoms with E-state index in [0.29, 0.717) is 36.8 Å². The molecule has 108 valence electrons. The summed E-state index contributed by atoms with van der Waals surface area (Å²) in [5, 5.41) is 14.1. The van der Waals surface area contributed by atoms with Gasteiger partial charge in [0.2, 0.25) is 0 Å². The normalized spacial score (nSPS) is 14.2. The molecule has 0 amide bonds. The molecule has 0 radical (unpaired) electrons. The molecule has 1 aliphatic rings. The van der Waals surface area contributed by atoms with Crippen molar-refractivity contribution in [1.82, 2.24) is 14.6 Å². The Balaban J connectivity index is 2.08. The van der Waals surface area contributed by atoms with Crippen molar-refractivity contribution in [2.24, 2.45) is 0 Å². The monoisotopic (exact) mass is 295 g/mol. The smallest absolute Gasteiger partial charge is 0.288 e. The number of hydrogen-bond donors (Lipinski definition) is 2. The first-order chi connectivity index (χ1) is 9.63. The van der Waals surface area contributed by atoms with Gasteiger partial charge in [-0.3, -0.25) is 19.4 Å². The lowest BCUT2D eigenvalue weighted by molar-refractivity contribution is -0.428. The van der Waals surface area contributed by atoms with Crippen molar-refractivity contribution in [1.29, 1.82) is 0 Å². The van der Waals surface area contributed by atoms with Crippen LogP contribution < -0.4 is 11.1 Å². The Labute approximate surface area is 121 Å². The highest BCUT2D eigenvalue weighted by Gasteiger charge is 2.28. The molecule has 20 heavy (non-hydrogen) atoms. The predicted octanol–water partition coefficient (Wildman–Crippen LogP) is 1.57. The van der Waals surface area contributed by atoms with Crippen molar-refractivity contribution in [3.05, 3.63) is 45.7 Å². The van der Waals surface area contributed by atoms with Gasteiger partial charge in [-0.2, -0.15) is 0 Å². The van der Waals surface area contributed by atoms with Crippen LogP contribution in [0.15, 0.2) is 29.8 Å². The molecular formula is C12H17N5O2S. The highest BCUT2D eigenvalue weighted by Crippen LogP contribution is 2.27.